The van der Waals surface area contributed by atoms with E-state index in [1.54, 1.807) is 13.0 Å². The van der Waals surface area contributed by atoms with Crippen LogP contribution in [0.3, 0.4) is 0 Å². The molecule has 0 atom stereocenters. The predicted octanol–water partition coefficient (Wildman–Crippen LogP) is 1.51. The van der Waals surface area contributed by atoms with Gasteiger partial charge in [-0.25, -0.2) is 0 Å². The number of benzene rings is 1. The van der Waals surface area contributed by atoms with Crippen molar-refractivity contribution in [2.24, 2.45) is 5.73 Å². The van der Waals surface area contributed by atoms with Crippen LogP contribution in [-0.2, 0) is 6.42 Å². The molecule has 0 fully saturated rings. The summed E-state index contributed by atoms with van der Waals surface area (Å²) in [6.45, 7) is 2.02. The lowest BCUT2D eigenvalue weighted by atomic mass is 10.0. The van der Waals surface area contributed by atoms with Crippen LogP contribution < -0.4 is 15.2 Å². The van der Waals surface area contributed by atoms with Crippen molar-refractivity contribution < 1.29 is 17.7 Å². The average molecular weight is 201 g/mol. The molecule has 0 unspecified atom stereocenters. The highest BCUT2D eigenvalue weighted by atomic mass is 16.5. The summed E-state index contributed by atoms with van der Waals surface area (Å²) in [4.78, 5) is 0. The quantitative estimate of drug-likeness (QED) is 0.803. The van der Waals surface area contributed by atoms with Crippen molar-refractivity contribution in [2.75, 3.05) is 20.6 Å². The monoisotopic (exact) mass is 201 g/mol. The number of hydrogen-bond donors (Lipinski definition) is 1. The molecule has 0 aliphatic carbocycles. The van der Waals surface area contributed by atoms with E-state index in [2.05, 4.69) is 0 Å². The minimum Gasteiger partial charge on any atom is -0.493 e. The third-order valence-electron chi connectivity index (χ3n) is 2.11. The van der Waals surface area contributed by atoms with Gasteiger partial charge >= 0.3 is 0 Å². The molecule has 0 amide bonds. The highest BCUT2D eigenvalue weighted by molar-refractivity contribution is 5.50. The van der Waals surface area contributed by atoms with E-state index in [1.165, 1.54) is 6.07 Å². The Morgan fingerprint density at radius 1 is 1.36 bits per heavy atom. The Bertz CT molecular complexity index is 469. The second-order valence-corrected chi connectivity index (χ2v) is 2.92. The Hall–Kier alpha value is -1.22. The Balaban J connectivity index is 3.26. The smallest absolute Gasteiger partial charge is 0.163 e. The lowest BCUT2D eigenvalue weighted by Gasteiger charge is -2.13. The Morgan fingerprint density at radius 3 is 2.79 bits per heavy atom. The van der Waals surface area contributed by atoms with Gasteiger partial charge in [0, 0.05) is 0 Å². The average Bonchev–Trinajstić information content (AvgIpc) is 2.24. The molecule has 14 heavy (non-hydrogen) atoms. The summed E-state index contributed by atoms with van der Waals surface area (Å²) >= 11 is 0. The summed E-state index contributed by atoms with van der Waals surface area (Å²) in [5, 5.41) is 0. The molecule has 1 rings (SSSR count). The van der Waals surface area contributed by atoms with Crippen LogP contribution in [0.15, 0.2) is 12.1 Å². The van der Waals surface area contributed by atoms with Crippen LogP contribution in [0.4, 0.5) is 0 Å². The van der Waals surface area contributed by atoms with E-state index in [-0.39, 0.29) is 11.5 Å². The Labute approximate surface area is 93.3 Å². The molecule has 0 spiro atoms. The summed E-state index contributed by atoms with van der Waals surface area (Å²) in [6.07, 6.45) is 0.525. The second-order valence-electron chi connectivity index (χ2n) is 2.92. The van der Waals surface area contributed by atoms with Crippen molar-refractivity contribution in [1.82, 2.24) is 0 Å². The fourth-order valence-corrected chi connectivity index (χ4v) is 1.34. The lowest BCUT2D eigenvalue weighted by Crippen LogP contribution is -2.05. The van der Waals surface area contributed by atoms with Gasteiger partial charge in [0.05, 0.1) is 22.3 Å². The highest BCUT2D eigenvalue weighted by Gasteiger charge is 2.09. The van der Waals surface area contributed by atoms with Crippen LogP contribution >= 0.6 is 0 Å². The van der Waals surface area contributed by atoms with Gasteiger partial charge in [-0.05, 0) is 37.1 Å². The van der Waals surface area contributed by atoms with E-state index in [9.17, 15) is 0 Å². The van der Waals surface area contributed by atoms with E-state index < -0.39 is 14.1 Å². The fourth-order valence-electron chi connectivity index (χ4n) is 1.34. The van der Waals surface area contributed by atoms with E-state index in [4.69, 9.17) is 23.4 Å². The molecule has 3 heteroatoms. The molecule has 0 heterocycles. The van der Waals surface area contributed by atoms with Crippen molar-refractivity contribution in [3.05, 3.63) is 23.3 Å². The number of nitrogens with two attached hydrogens (primary N) is 1. The second kappa shape index (κ2) is 4.86. The molecule has 0 aliphatic heterocycles. The Morgan fingerprint density at radius 2 is 2.14 bits per heavy atom. The molecule has 1 aromatic carbocycles. The number of methoxy groups -OCH3 is 2. The molecule has 0 bridgehead atoms. The zero-order valence-corrected chi connectivity index (χ0v) is 7.96. The molecule has 0 radical (unpaired) electrons. The summed E-state index contributed by atoms with van der Waals surface area (Å²) in [5.41, 5.74) is 6.76. The van der Waals surface area contributed by atoms with E-state index >= 15 is 0 Å². The van der Waals surface area contributed by atoms with Gasteiger partial charge in [0.2, 0.25) is 0 Å². The SMILES string of the molecule is [2H]C([2H])([2H])Oc1ccc(CCN)c(C)c1OC([2H])([2H])[2H]. The first kappa shape index (κ1) is 5.03. The van der Waals surface area contributed by atoms with Crippen LogP contribution in [0.1, 0.15) is 19.4 Å². The number of hydrogen-bond acceptors (Lipinski definition) is 3. The molecule has 0 saturated heterocycles. The first-order valence-electron chi connectivity index (χ1n) is 7.24. The van der Waals surface area contributed by atoms with Crippen molar-refractivity contribution in [3.63, 3.8) is 0 Å². The molecule has 0 aromatic heterocycles. The molecule has 2 N–H and O–H groups in total. The van der Waals surface area contributed by atoms with Crippen molar-refractivity contribution in [1.29, 1.82) is 0 Å². The Kier molecular flexibility index (Phi) is 1.75. The van der Waals surface area contributed by atoms with Gasteiger partial charge in [-0.2, -0.15) is 0 Å². The maximum absolute atomic E-state index is 7.16. The zero-order chi connectivity index (χ0) is 15.6. The van der Waals surface area contributed by atoms with Gasteiger partial charge in [0.1, 0.15) is 0 Å². The highest BCUT2D eigenvalue weighted by Crippen LogP contribution is 2.32. The molecule has 78 valence electrons. The standard InChI is InChI=1S/C11H17NO2/c1-8-9(6-7-12)4-5-10(13-2)11(8)14-3/h4-5H,6-7,12H2,1-3H3/i2D3,3D3. The van der Waals surface area contributed by atoms with Crippen LogP contribution in [0.25, 0.3) is 0 Å². The van der Waals surface area contributed by atoms with Gasteiger partial charge in [-0.15, -0.1) is 0 Å². The van der Waals surface area contributed by atoms with Crippen LogP contribution in [0.5, 0.6) is 11.5 Å². The summed E-state index contributed by atoms with van der Waals surface area (Å²) < 4.78 is 52.4. The van der Waals surface area contributed by atoms with Gasteiger partial charge in [0.15, 0.2) is 11.5 Å². The number of rotatable bonds is 4. The van der Waals surface area contributed by atoms with Crippen molar-refractivity contribution in [2.45, 2.75) is 13.3 Å². The third-order valence-corrected chi connectivity index (χ3v) is 2.11. The summed E-state index contributed by atoms with van der Waals surface area (Å²) in [7, 11) is -5.38. The maximum Gasteiger partial charge on any atom is 0.163 e. The fraction of sp³-hybridized carbons (Fsp3) is 0.455. The van der Waals surface area contributed by atoms with Gasteiger partial charge in [-0.1, -0.05) is 6.07 Å². The van der Waals surface area contributed by atoms with Crippen LogP contribution in [-0.4, -0.2) is 20.6 Å². The van der Waals surface area contributed by atoms with E-state index in [0.717, 1.165) is 5.56 Å². The molecule has 0 aliphatic rings. The molecular weight excluding hydrogens is 178 g/mol. The molecule has 0 saturated carbocycles. The van der Waals surface area contributed by atoms with Crippen LogP contribution in [0.2, 0.25) is 0 Å². The largest absolute Gasteiger partial charge is 0.493 e. The molecule has 1 aromatic rings. The number of ether oxygens (including phenoxy) is 2. The van der Waals surface area contributed by atoms with Crippen LogP contribution in [0, 0.1) is 6.92 Å². The van der Waals surface area contributed by atoms with Gasteiger partial charge in [0.25, 0.3) is 0 Å². The summed E-state index contributed by atoms with van der Waals surface area (Å²) in [6, 6.07) is 3.03. The zero-order valence-electron chi connectivity index (χ0n) is 14.0. The normalized spacial score (nSPS) is 18.1. The lowest BCUT2D eigenvalue weighted by molar-refractivity contribution is 0.352. The van der Waals surface area contributed by atoms with E-state index in [1.807, 2.05) is 0 Å². The van der Waals surface area contributed by atoms with Crippen molar-refractivity contribution in [3.8, 4) is 11.5 Å². The topological polar surface area (TPSA) is 44.5 Å². The van der Waals surface area contributed by atoms with Gasteiger partial charge in [-0.3, -0.25) is 0 Å². The van der Waals surface area contributed by atoms with Gasteiger partial charge < -0.3 is 15.2 Å². The molecule has 3 nitrogen and oxygen atoms in total. The predicted molar refractivity (Wildman–Crippen MR) is 57.0 cm³/mol. The minimum absolute atomic E-state index is 0.0907. The first-order valence-corrected chi connectivity index (χ1v) is 4.24. The van der Waals surface area contributed by atoms with Crippen molar-refractivity contribution >= 4 is 0 Å². The summed E-state index contributed by atoms with van der Waals surface area (Å²) in [5.74, 6) is -0.216. The third kappa shape index (κ3) is 1.99. The molecular formula is C11H17NO2. The maximum atomic E-state index is 7.16. The minimum atomic E-state index is -2.70. The first-order chi connectivity index (χ1) is 9.03. The van der Waals surface area contributed by atoms with E-state index in [0.29, 0.717) is 18.5 Å².